The van der Waals surface area contributed by atoms with E-state index in [0.717, 1.165) is 23.2 Å². The highest BCUT2D eigenvalue weighted by Gasteiger charge is 2.23. The number of amides is 2. The normalized spacial score (nSPS) is 14.3. The first kappa shape index (κ1) is 23.0. The first-order chi connectivity index (χ1) is 16.1. The van der Waals surface area contributed by atoms with E-state index in [9.17, 15) is 9.59 Å². The average Bonchev–Trinajstić information content (AvgIpc) is 3.33. The fourth-order valence-corrected chi connectivity index (χ4v) is 4.34. The molecule has 33 heavy (non-hydrogen) atoms. The standard InChI is InChI=1S/C24H27N5O3S/c1-2-18-8-6-7-11-20(18)25-21(30)16-28-12-14-29(15-13-28)22(31)17-33-24-27-26-23(32-24)19-9-4-3-5-10-19/h3-11H,2,12-17H2,1H3,(H,25,30). The number of para-hydroxylation sites is 1. The van der Waals surface area contributed by atoms with Gasteiger partial charge in [-0.1, -0.05) is 55.1 Å². The molecule has 2 amide bonds. The first-order valence-corrected chi connectivity index (χ1v) is 12.0. The molecule has 0 aliphatic carbocycles. The Kier molecular flexibility index (Phi) is 7.74. The van der Waals surface area contributed by atoms with Gasteiger partial charge >= 0.3 is 0 Å². The smallest absolute Gasteiger partial charge is 0.277 e. The second-order valence-corrected chi connectivity index (χ2v) is 8.67. The number of carbonyl (C=O) groups excluding carboxylic acids is 2. The van der Waals surface area contributed by atoms with Crippen molar-refractivity contribution >= 4 is 29.3 Å². The van der Waals surface area contributed by atoms with Gasteiger partial charge in [-0.15, -0.1) is 10.2 Å². The maximum atomic E-state index is 12.6. The van der Waals surface area contributed by atoms with E-state index in [0.29, 0.717) is 43.8 Å². The lowest BCUT2D eigenvalue weighted by molar-refractivity contribution is -0.130. The number of nitrogens with zero attached hydrogens (tertiary/aromatic N) is 4. The molecule has 0 bridgehead atoms. The van der Waals surface area contributed by atoms with Crippen LogP contribution in [0.1, 0.15) is 12.5 Å². The summed E-state index contributed by atoms with van der Waals surface area (Å²) in [4.78, 5) is 29.0. The molecule has 8 nitrogen and oxygen atoms in total. The summed E-state index contributed by atoms with van der Waals surface area (Å²) >= 11 is 1.24. The topological polar surface area (TPSA) is 91.6 Å². The third kappa shape index (κ3) is 6.21. The Balaban J connectivity index is 1.20. The molecule has 4 rings (SSSR count). The van der Waals surface area contributed by atoms with Crippen molar-refractivity contribution in [1.29, 1.82) is 0 Å². The highest BCUT2D eigenvalue weighted by Crippen LogP contribution is 2.23. The molecule has 0 spiro atoms. The number of nitrogens with one attached hydrogen (secondary N) is 1. The van der Waals surface area contributed by atoms with Crippen LogP contribution in [0.15, 0.2) is 64.2 Å². The summed E-state index contributed by atoms with van der Waals surface area (Å²) in [7, 11) is 0. The molecule has 9 heteroatoms. The second-order valence-electron chi connectivity index (χ2n) is 7.74. The molecule has 0 radical (unpaired) electrons. The van der Waals surface area contributed by atoms with Gasteiger partial charge in [-0.2, -0.15) is 0 Å². The number of piperazine rings is 1. The van der Waals surface area contributed by atoms with Gasteiger partial charge in [-0.05, 0) is 30.2 Å². The third-order valence-electron chi connectivity index (χ3n) is 5.51. The van der Waals surface area contributed by atoms with Crippen molar-refractivity contribution in [3.8, 4) is 11.5 Å². The van der Waals surface area contributed by atoms with E-state index < -0.39 is 0 Å². The summed E-state index contributed by atoms with van der Waals surface area (Å²) in [5.41, 5.74) is 2.84. The summed E-state index contributed by atoms with van der Waals surface area (Å²) in [6.07, 6.45) is 0.867. The fraction of sp³-hybridized carbons (Fsp3) is 0.333. The van der Waals surface area contributed by atoms with Gasteiger partial charge in [0.25, 0.3) is 5.22 Å². The molecule has 1 aliphatic heterocycles. The quantitative estimate of drug-likeness (QED) is 0.511. The van der Waals surface area contributed by atoms with Crippen LogP contribution >= 0.6 is 11.8 Å². The van der Waals surface area contributed by atoms with Crippen molar-refractivity contribution in [2.75, 3.05) is 43.8 Å². The molecule has 0 unspecified atom stereocenters. The predicted octanol–water partition coefficient (Wildman–Crippen LogP) is 3.17. The van der Waals surface area contributed by atoms with Crippen molar-refractivity contribution in [1.82, 2.24) is 20.0 Å². The number of aryl methyl sites for hydroxylation is 1. The Morgan fingerprint density at radius 1 is 1.00 bits per heavy atom. The minimum absolute atomic E-state index is 0.0282. The summed E-state index contributed by atoms with van der Waals surface area (Å²) in [6, 6.07) is 17.4. The number of rotatable bonds is 8. The number of carbonyl (C=O) groups is 2. The second kappa shape index (κ2) is 11.1. The van der Waals surface area contributed by atoms with E-state index in [1.54, 1.807) is 0 Å². The van der Waals surface area contributed by atoms with Crippen LogP contribution in [0.3, 0.4) is 0 Å². The average molecular weight is 466 g/mol. The Bertz CT molecular complexity index is 1080. The lowest BCUT2D eigenvalue weighted by atomic mass is 10.1. The predicted molar refractivity (Wildman–Crippen MR) is 128 cm³/mol. The van der Waals surface area contributed by atoms with Gasteiger partial charge in [-0.25, -0.2) is 0 Å². The number of aromatic nitrogens is 2. The summed E-state index contributed by atoms with van der Waals surface area (Å²) in [6.45, 7) is 4.91. The molecule has 0 atom stereocenters. The van der Waals surface area contributed by atoms with E-state index in [1.807, 2.05) is 59.5 Å². The highest BCUT2D eigenvalue weighted by atomic mass is 32.2. The zero-order chi connectivity index (χ0) is 23.0. The largest absolute Gasteiger partial charge is 0.411 e. The van der Waals surface area contributed by atoms with Crippen LogP contribution in [0.5, 0.6) is 0 Å². The van der Waals surface area contributed by atoms with Crippen LogP contribution in [-0.2, 0) is 16.0 Å². The monoisotopic (exact) mass is 465 g/mol. The van der Waals surface area contributed by atoms with Gasteiger partial charge in [-0.3, -0.25) is 14.5 Å². The Hall–Kier alpha value is -3.17. The lowest BCUT2D eigenvalue weighted by Gasteiger charge is -2.34. The minimum atomic E-state index is -0.0307. The van der Waals surface area contributed by atoms with Gasteiger partial charge in [0.05, 0.1) is 12.3 Å². The molecule has 1 saturated heterocycles. The van der Waals surface area contributed by atoms with Crippen molar-refractivity contribution in [3.05, 3.63) is 60.2 Å². The van der Waals surface area contributed by atoms with Gasteiger partial charge in [0, 0.05) is 37.4 Å². The number of hydrogen-bond donors (Lipinski definition) is 1. The fourth-order valence-electron chi connectivity index (χ4n) is 3.68. The van der Waals surface area contributed by atoms with E-state index in [2.05, 4.69) is 27.3 Å². The van der Waals surface area contributed by atoms with Crippen LogP contribution in [0.4, 0.5) is 5.69 Å². The van der Waals surface area contributed by atoms with E-state index in [4.69, 9.17) is 4.42 Å². The van der Waals surface area contributed by atoms with Gasteiger partial charge < -0.3 is 14.6 Å². The Morgan fingerprint density at radius 2 is 1.73 bits per heavy atom. The number of thioether (sulfide) groups is 1. The van der Waals surface area contributed by atoms with Crippen LogP contribution in [-0.4, -0.2) is 70.3 Å². The van der Waals surface area contributed by atoms with Crippen molar-refractivity contribution < 1.29 is 14.0 Å². The number of hydrogen-bond acceptors (Lipinski definition) is 7. The first-order valence-electron chi connectivity index (χ1n) is 11.0. The Labute approximate surface area is 197 Å². The van der Waals surface area contributed by atoms with Crippen LogP contribution in [0, 0.1) is 0 Å². The van der Waals surface area contributed by atoms with E-state index >= 15 is 0 Å². The van der Waals surface area contributed by atoms with E-state index in [1.165, 1.54) is 11.8 Å². The van der Waals surface area contributed by atoms with Gasteiger partial charge in [0.1, 0.15) is 0 Å². The number of anilines is 1. The van der Waals surface area contributed by atoms with Crippen LogP contribution in [0.25, 0.3) is 11.5 Å². The van der Waals surface area contributed by atoms with E-state index in [-0.39, 0.29) is 17.6 Å². The molecule has 172 valence electrons. The van der Waals surface area contributed by atoms with Gasteiger partial charge in [0.2, 0.25) is 17.7 Å². The lowest BCUT2D eigenvalue weighted by Crippen LogP contribution is -2.50. The zero-order valence-corrected chi connectivity index (χ0v) is 19.4. The van der Waals surface area contributed by atoms with Crippen molar-refractivity contribution in [2.45, 2.75) is 18.6 Å². The molecule has 1 fully saturated rings. The summed E-state index contributed by atoms with van der Waals surface area (Å²) in [5.74, 6) is 0.682. The highest BCUT2D eigenvalue weighted by molar-refractivity contribution is 7.99. The van der Waals surface area contributed by atoms with Crippen LogP contribution in [0.2, 0.25) is 0 Å². The molecular weight excluding hydrogens is 438 g/mol. The zero-order valence-electron chi connectivity index (χ0n) is 18.6. The number of benzene rings is 2. The molecule has 1 N–H and O–H groups in total. The van der Waals surface area contributed by atoms with Gasteiger partial charge in [0.15, 0.2) is 0 Å². The summed E-state index contributed by atoms with van der Waals surface area (Å²) in [5, 5.41) is 11.5. The SMILES string of the molecule is CCc1ccccc1NC(=O)CN1CCN(C(=O)CSc2nnc(-c3ccccc3)o2)CC1. The van der Waals surface area contributed by atoms with Crippen molar-refractivity contribution in [2.24, 2.45) is 0 Å². The molecule has 2 aromatic carbocycles. The molecule has 2 heterocycles. The summed E-state index contributed by atoms with van der Waals surface area (Å²) < 4.78 is 5.65. The molecule has 1 aliphatic rings. The third-order valence-corrected chi connectivity index (χ3v) is 6.31. The van der Waals surface area contributed by atoms with Crippen molar-refractivity contribution in [3.63, 3.8) is 0 Å². The molecule has 3 aromatic rings. The molecular formula is C24H27N5O3S. The molecule has 1 aromatic heterocycles. The maximum absolute atomic E-state index is 12.6. The minimum Gasteiger partial charge on any atom is -0.411 e. The Morgan fingerprint density at radius 3 is 2.48 bits per heavy atom. The maximum Gasteiger partial charge on any atom is 0.277 e. The molecule has 0 saturated carbocycles. The van der Waals surface area contributed by atoms with Crippen LogP contribution < -0.4 is 5.32 Å².